The number of ether oxygens (including phenoxy) is 1. The molecule has 0 aliphatic rings. The first-order chi connectivity index (χ1) is 17.0. The maximum atomic E-state index is 13.4. The maximum absolute atomic E-state index is 13.4. The van der Waals surface area contributed by atoms with Crippen molar-refractivity contribution in [3.8, 4) is 5.75 Å². The average molecular weight is 559 g/mol. The van der Waals surface area contributed by atoms with Gasteiger partial charge >= 0.3 is 0 Å². The summed E-state index contributed by atoms with van der Waals surface area (Å²) in [6.07, 6.45) is 1.73. The van der Waals surface area contributed by atoms with Crippen LogP contribution in [0.15, 0.2) is 42.5 Å². The number of hydrogen-bond donors (Lipinski definition) is 1. The van der Waals surface area contributed by atoms with Gasteiger partial charge in [0.2, 0.25) is 21.8 Å². The Morgan fingerprint density at radius 1 is 1.06 bits per heavy atom. The fraction of sp³-hybridized carbons (Fsp3) is 0.440. The number of rotatable bonds is 13. The second kappa shape index (κ2) is 13.7. The molecule has 0 saturated heterocycles. The zero-order valence-corrected chi connectivity index (χ0v) is 23.3. The van der Waals surface area contributed by atoms with Crippen molar-refractivity contribution < 1.29 is 22.7 Å². The molecule has 0 bridgehead atoms. The van der Waals surface area contributed by atoms with E-state index in [1.807, 2.05) is 6.92 Å². The summed E-state index contributed by atoms with van der Waals surface area (Å²) < 4.78 is 31.6. The number of para-hydroxylation sites is 2. The topological polar surface area (TPSA) is 96.0 Å². The van der Waals surface area contributed by atoms with Crippen LogP contribution in [-0.4, -0.2) is 57.6 Å². The van der Waals surface area contributed by atoms with Gasteiger partial charge in [-0.15, -0.1) is 0 Å². The Labute approximate surface area is 223 Å². The number of hydrogen-bond acceptors (Lipinski definition) is 5. The molecule has 11 heteroatoms. The molecular formula is C25H33Cl2N3O5S. The van der Waals surface area contributed by atoms with E-state index in [0.717, 1.165) is 6.26 Å². The summed E-state index contributed by atoms with van der Waals surface area (Å²) in [4.78, 5) is 27.7. The third kappa shape index (κ3) is 7.75. The summed E-state index contributed by atoms with van der Waals surface area (Å²) in [6.45, 7) is 4.16. The number of anilines is 1. The smallest absolute Gasteiger partial charge is 0.242 e. The van der Waals surface area contributed by atoms with E-state index in [4.69, 9.17) is 27.9 Å². The molecule has 8 nitrogen and oxygen atoms in total. The van der Waals surface area contributed by atoms with Crippen molar-refractivity contribution in [3.63, 3.8) is 0 Å². The van der Waals surface area contributed by atoms with Crippen molar-refractivity contribution in [2.75, 3.05) is 30.8 Å². The zero-order chi connectivity index (χ0) is 26.9. The van der Waals surface area contributed by atoms with Gasteiger partial charge in [0, 0.05) is 41.7 Å². The number of sulfonamides is 1. The second-order valence-electron chi connectivity index (χ2n) is 8.15. The van der Waals surface area contributed by atoms with Gasteiger partial charge in [-0.25, -0.2) is 8.42 Å². The SMILES string of the molecule is CCNC(=O)[C@H](CC)N(Cc1c(Cl)cccc1Cl)C(=O)CCCN(c1ccccc1OC)S(C)(=O)=O. The molecule has 0 unspecified atom stereocenters. The first kappa shape index (κ1) is 29.7. The minimum Gasteiger partial charge on any atom is -0.495 e. The van der Waals surface area contributed by atoms with Crippen LogP contribution in [-0.2, 0) is 26.2 Å². The summed E-state index contributed by atoms with van der Waals surface area (Å²) in [5.41, 5.74) is 0.937. The summed E-state index contributed by atoms with van der Waals surface area (Å²) in [5, 5.41) is 3.56. The van der Waals surface area contributed by atoms with Gasteiger partial charge in [-0.3, -0.25) is 13.9 Å². The molecule has 36 heavy (non-hydrogen) atoms. The molecule has 0 spiro atoms. The molecule has 0 aliphatic heterocycles. The minimum atomic E-state index is -3.64. The number of halogens is 2. The van der Waals surface area contributed by atoms with Crippen LogP contribution in [0.2, 0.25) is 10.0 Å². The van der Waals surface area contributed by atoms with Gasteiger partial charge in [0.25, 0.3) is 0 Å². The summed E-state index contributed by atoms with van der Waals surface area (Å²) in [7, 11) is -2.18. The summed E-state index contributed by atoms with van der Waals surface area (Å²) in [6, 6.07) is 11.1. The van der Waals surface area contributed by atoms with E-state index in [9.17, 15) is 18.0 Å². The molecule has 198 valence electrons. The van der Waals surface area contributed by atoms with Gasteiger partial charge in [-0.05, 0) is 44.0 Å². The molecular weight excluding hydrogens is 525 g/mol. The summed E-state index contributed by atoms with van der Waals surface area (Å²) in [5.74, 6) is -0.174. The Hall–Kier alpha value is -2.49. The lowest BCUT2D eigenvalue weighted by Gasteiger charge is -2.31. The molecule has 1 atom stereocenters. The predicted molar refractivity (Wildman–Crippen MR) is 144 cm³/mol. The van der Waals surface area contributed by atoms with Crippen LogP contribution in [0.4, 0.5) is 5.69 Å². The van der Waals surface area contributed by atoms with Gasteiger partial charge in [-0.1, -0.05) is 48.3 Å². The number of likely N-dealkylation sites (N-methyl/N-ethyl adjacent to an activating group) is 1. The fourth-order valence-electron chi connectivity index (χ4n) is 3.88. The highest BCUT2D eigenvalue weighted by molar-refractivity contribution is 7.92. The number of carbonyl (C=O) groups is 2. The van der Waals surface area contributed by atoms with Crippen molar-refractivity contribution in [2.24, 2.45) is 0 Å². The molecule has 0 fully saturated rings. The fourth-order valence-corrected chi connectivity index (χ4v) is 5.37. The van der Waals surface area contributed by atoms with Gasteiger partial charge in [-0.2, -0.15) is 0 Å². The molecule has 2 aromatic rings. The largest absolute Gasteiger partial charge is 0.495 e. The van der Waals surface area contributed by atoms with Crippen molar-refractivity contribution in [1.29, 1.82) is 0 Å². The van der Waals surface area contributed by atoms with E-state index < -0.39 is 16.1 Å². The van der Waals surface area contributed by atoms with Gasteiger partial charge < -0.3 is 15.0 Å². The number of amides is 2. The van der Waals surface area contributed by atoms with E-state index in [1.54, 1.807) is 49.4 Å². The van der Waals surface area contributed by atoms with E-state index in [0.29, 0.717) is 40.0 Å². The standard InChI is InChI=1S/C25H33Cl2N3O5S/c1-5-21(25(32)28-6-2)29(17-18-19(26)11-9-12-20(18)27)24(31)15-10-16-30(36(4,33)34)22-13-7-8-14-23(22)35-3/h7-9,11-14,21H,5-6,10,15-17H2,1-4H3,(H,28,32)/t21-/m0/s1. The predicted octanol–water partition coefficient (Wildman–Crippen LogP) is 4.49. The number of nitrogens with one attached hydrogen (secondary N) is 1. The van der Waals surface area contributed by atoms with Gasteiger partial charge in [0.1, 0.15) is 11.8 Å². The number of methoxy groups -OCH3 is 1. The highest BCUT2D eigenvalue weighted by Crippen LogP contribution is 2.30. The zero-order valence-electron chi connectivity index (χ0n) is 21.0. The lowest BCUT2D eigenvalue weighted by Crippen LogP contribution is -2.49. The van der Waals surface area contributed by atoms with E-state index in [2.05, 4.69) is 5.32 Å². The number of carbonyl (C=O) groups excluding carboxylic acids is 2. The van der Waals surface area contributed by atoms with Crippen LogP contribution >= 0.6 is 23.2 Å². The average Bonchev–Trinajstić information content (AvgIpc) is 2.82. The van der Waals surface area contributed by atoms with E-state index in [1.165, 1.54) is 16.3 Å². The molecule has 0 aliphatic carbocycles. The Morgan fingerprint density at radius 2 is 1.69 bits per heavy atom. The maximum Gasteiger partial charge on any atom is 0.242 e. The first-order valence-corrected chi connectivity index (χ1v) is 14.3. The third-order valence-electron chi connectivity index (χ3n) is 5.63. The van der Waals surface area contributed by atoms with Crippen LogP contribution in [0.25, 0.3) is 0 Å². The van der Waals surface area contributed by atoms with Crippen LogP contribution in [0.5, 0.6) is 5.75 Å². The van der Waals surface area contributed by atoms with Crippen LogP contribution in [0.1, 0.15) is 38.7 Å². The highest BCUT2D eigenvalue weighted by Gasteiger charge is 2.30. The Morgan fingerprint density at radius 3 is 2.25 bits per heavy atom. The molecule has 0 saturated carbocycles. The van der Waals surface area contributed by atoms with E-state index in [-0.39, 0.29) is 37.7 Å². The molecule has 0 aromatic heterocycles. The van der Waals surface area contributed by atoms with Crippen LogP contribution in [0, 0.1) is 0 Å². The first-order valence-electron chi connectivity index (χ1n) is 11.7. The van der Waals surface area contributed by atoms with E-state index >= 15 is 0 Å². The number of benzene rings is 2. The van der Waals surface area contributed by atoms with Crippen molar-refractivity contribution in [1.82, 2.24) is 10.2 Å². The monoisotopic (exact) mass is 557 g/mol. The molecule has 1 N–H and O–H groups in total. The van der Waals surface area contributed by atoms with Crippen molar-refractivity contribution in [3.05, 3.63) is 58.1 Å². The van der Waals surface area contributed by atoms with Crippen molar-refractivity contribution >= 4 is 50.7 Å². The van der Waals surface area contributed by atoms with Gasteiger partial charge in [0.05, 0.1) is 19.1 Å². The minimum absolute atomic E-state index is 0.0130. The normalized spacial score (nSPS) is 12.1. The van der Waals surface area contributed by atoms with Gasteiger partial charge in [0.15, 0.2) is 0 Å². The summed E-state index contributed by atoms with van der Waals surface area (Å²) >= 11 is 12.7. The Kier molecular flexibility index (Phi) is 11.3. The van der Waals surface area contributed by atoms with Crippen molar-refractivity contribution in [2.45, 2.75) is 45.7 Å². The molecule has 2 amide bonds. The molecule has 2 rings (SSSR count). The second-order valence-corrected chi connectivity index (χ2v) is 10.9. The third-order valence-corrected chi connectivity index (χ3v) is 7.52. The highest BCUT2D eigenvalue weighted by atomic mass is 35.5. The molecule has 0 radical (unpaired) electrons. The van der Waals surface area contributed by atoms with Crippen LogP contribution < -0.4 is 14.4 Å². The quantitative estimate of drug-likeness (QED) is 0.391. The number of nitrogens with zero attached hydrogens (tertiary/aromatic N) is 2. The lowest BCUT2D eigenvalue weighted by molar-refractivity contribution is -0.141. The Balaban J connectivity index is 2.28. The Bertz CT molecular complexity index is 1140. The lowest BCUT2D eigenvalue weighted by atomic mass is 10.1. The molecule has 2 aromatic carbocycles. The van der Waals surface area contributed by atoms with Crippen LogP contribution in [0.3, 0.4) is 0 Å². The molecule has 0 heterocycles.